The Hall–Kier alpha value is -4.10. The molecular weight excluding hydrogens is 704 g/mol. The first-order chi connectivity index (χ1) is 23.3. The molecule has 14 heteroatoms. The lowest BCUT2D eigenvalue weighted by atomic mass is 9.85. The molecule has 1 heterocycles. The monoisotopic (exact) mass is 734 g/mol. The van der Waals surface area contributed by atoms with E-state index in [2.05, 4.69) is 5.32 Å². The summed E-state index contributed by atoms with van der Waals surface area (Å²) >= 11 is 12.8. The number of hydrogen-bond acceptors (Lipinski definition) is 7. The third kappa shape index (κ3) is 8.38. The van der Waals surface area contributed by atoms with Gasteiger partial charge in [0.1, 0.15) is 5.75 Å². The first kappa shape index (κ1) is 36.2. The summed E-state index contributed by atoms with van der Waals surface area (Å²) in [6, 6.07) is 23.5. The van der Waals surface area contributed by atoms with E-state index in [1.807, 2.05) is 0 Å². The van der Waals surface area contributed by atoms with Crippen LogP contribution in [-0.2, 0) is 32.1 Å². The Balaban J connectivity index is 1.59. The lowest BCUT2D eigenvalue weighted by Gasteiger charge is -2.31. The minimum absolute atomic E-state index is 0.0191. The smallest absolute Gasteiger partial charge is 0.416 e. The predicted octanol–water partition coefficient (Wildman–Crippen LogP) is 7.21. The van der Waals surface area contributed by atoms with Gasteiger partial charge in [-0.3, -0.25) is 4.79 Å². The number of sulfone groups is 1. The van der Waals surface area contributed by atoms with Gasteiger partial charge in [0.25, 0.3) is 5.91 Å². The Labute approximate surface area is 291 Å². The van der Waals surface area contributed by atoms with Crippen molar-refractivity contribution in [3.8, 4) is 5.75 Å². The molecule has 2 N–H and O–H groups in total. The van der Waals surface area contributed by atoms with E-state index < -0.39 is 57.8 Å². The number of nitrogens with zero attached hydrogens (tertiary/aromatic N) is 1. The molecule has 0 bridgehead atoms. The molecule has 5 rings (SSSR count). The summed E-state index contributed by atoms with van der Waals surface area (Å²) < 4.78 is 80.4. The number of ether oxygens (including phenoxy) is 2. The number of aliphatic imine (C=N–C) groups is 1. The molecule has 1 aliphatic rings. The molecule has 0 fully saturated rings. The molecule has 0 radical (unpaired) electrons. The number of aliphatic hydroxyl groups excluding tert-OH is 1. The first-order valence-corrected chi connectivity index (χ1v) is 17.5. The highest BCUT2D eigenvalue weighted by molar-refractivity contribution is 7.91. The molecule has 0 unspecified atom stereocenters. The highest BCUT2D eigenvalue weighted by Crippen LogP contribution is 2.46. The van der Waals surface area contributed by atoms with Gasteiger partial charge in [-0.2, -0.15) is 13.2 Å². The van der Waals surface area contributed by atoms with E-state index in [-0.39, 0.29) is 45.2 Å². The van der Waals surface area contributed by atoms with Gasteiger partial charge < -0.3 is 19.9 Å². The number of rotatable bonds is 13. The van der Waals surface area contributed by atoms with Crippen molar-refractivity contribution in [2.45, 2.75) is 42.1 Å². The second-order valence-electron chi connectivity index (χ2n) is 11.2. The van der Waals surface area contributed by atoms with E-state index in [1.54, 1.807) is 42.5 Å². The summed E-state index contributed by atoms with van der Waals surface area (Å²) in [6.07, 6.45) is -5.99. The van der Waals surface area contributed by atoms with Crippen molar-refractivity contribution in [3.63, 3.8) is 0 Å². The molecule has 1 aliphatic heterocycles. The predicted molar refractivity (Wildman–Crippen MR) is 180 cm³/mol. The average molecular weight is 736 g/mol. The Bertz CT molecular complexity index is 1930. The Morgan fingerprint density at radius 3 is 2.35 bits per heavy atom. The van der Waals surface area contributed by atoms with Crippen molar-refractivity contribution >= 4 is 44.8 Å². The highest BCUT2D eigenvalue weighted by Gasteiger charge is 2.54. The number of nitrogens with one attached hydrogen (secondary N) is 1. The lowest BCUT2D eigenvalue weighted by Crippen LogP contribution is -2.49. The maximum atomic E-state index is 14.4. The maximum Gasteiger partial charge on any atom is 0.416 e. The second-order valence-corrected chi connectivity index (χ2v) is 14.1. The molecule has 0 aromatic heterocycles. The lowest BCUT2D eigenvalue weighted by molar-refractivity contribution is -0.138. The van der Waals surface area contributed by atoms with E-state index in [9.17, 15) is 26.4 Å². The minimum atomic E-state index is -4.68. The number of aliphatic hydroxyl groups is 1. The van der Waals surface area contributed by atoms with Gasteiger partial charge in [0.2, 0.25) is 5.90 Å². The molecule has 0 aliphatic carbocycles. The maximum absolute atomic E-state index is 14.4. The van der Waals surface area contributed by atoms with Crippen LogP contribution in [0.3, 0.4) is 0 Å². The molecule has 8 nitrogen and oxygen atoms in total. The highest BCUT2D eigenvalue weighted by atomic mass is 35.5. The number of benzene rings is 4. The van der Waals surface area contributed by atoms with Crippen LogP contribution in [0.5, 0.6) is 5.75 Å². The number of halogens is 5. The van der Waals surface area contributed by atoms with Crippen LogP contribution in [0, 0.1) is 0 Å². The number of carbonyl (C=O) groups is 1. The molecule has 0 spiro atoms. The molecule has 1 amide bonds. The molecule has 49 heavy (non-hydrogen) atoms. The number of hydrogen-bond donors (Lipinski definition) is 2. The van der Waals surface area contributed by atoms with E-state index in [0.29, 0.717) is 17.7 Å². The molecular formula is C35H31Cl2F3N2O6S. The quantitative estimate of drug-likeness (QED) is 0.140. The summed E-state index contributed by atoms with van der Waals surface area (Å²) in [7, 11) is -3.98. The Morgan fingerprint density at radius 2 is 1.67 bits per heavy atom. The van der Waals surface area contributed by atoms with Crippen molar-refractivity contribution in [2.24, 2.45) is 4.99 Å². The van der Waals surface area contributed by atoms with Crippen molar-refractivity contribution in [1.29, 1.82) is 0 Å². The Kier molecular flexibility index (Phi) is 11.2. The normalized spacial score (nSPS) is 17.7. The van der Waals surface area contributed by atoms with E-state index >= 15 is 0 Å². The Morgan fingerprint density at radius 1 is 0.980 bits per heavy atom. The van der Waals surface area contributed by atoms with Crippen LogP contribution in [-0.4, -0.2) is 49.8 Å². The van der Waals surface area contributed by atoms with Gasteiger partial charge in [-0.1, -0.05) is 65.7 Å². The third-order valence-electron chi connectivity index (χ3n) is 7.89. The average Bonchev–Trinajstić information content (AvgIpc) is 3.47. The van der Waals surface area contributed by atoms with E-state index in [1.165, 1.54) is 48.5 Å². The molecule has 4 aromatic carbocycles. The van der Waals surface area contributed by atoms with Crippen LogP contribution in [0.25, 0.3) is 0 Å². The first-order valence-electron chi connectivity index (χ1n) is 15.1. The third-order valence-corrected chi connectivity index (χ3v) is 10.2. The minimum Gasteiger partial charge on any atom is -0.494 e. The standard InChI is InChI=1S/C35H31Cl2F3N2O6S/c36-25-13-16-28(30(37)21-25)31-34(17-20-49(45,46)27-8-2-1-3-9-27,33(44)41-22-24-7-4-5-10-29(24)35(38,39)40)42-32(48-31)23-11-14-26(15-12-23)47-19-6-18-43/h1-5,7-16,21,31,43H,6,17-20,22H2,(H,41,44)/t31-,34-/m1/s1. The topological polar surface area (TPSA) is 114 Å². The van der Waals surface area contributed by atoms with Gasteiger partial charge in [0, 0.05) is 47.2 Å². The van der Waals surface area contributed by atoms with Crippen molar-refractivity contribution < 1.29 is 41.0 Å². The van der Waals surface area contributed by atoms with Gasteiger partial charge in [-0.25, -0.2) is 13.4 Å². The number of alkyl halides is 3. The van der Waals surface area contributed by atoms with Gasteiger partial charge in [-0.15, -0.1) is 0 Å². The van der Waals surface area contributed by atoms with Crippen molar-refractivity contribution in [3.05, 3.63) is 129 Å². The SMILES string of the molecule is O=C(NCc1ccccc1C(F)(F)F)[C@]1(CCS(=O)(=O)c2ccccc2)N=C(c2ccc(OCCCO)cc2)O[C@@H]1c1ccc(Cl)cc1Cl. The zero-order valence-corrected chi connectivity index (χ0v) is 28.1. The fraction of sp³-hybridized carbons (Fsp3) is 0.257. The summed E-state index contributed by atoms with van der Waals surface area (Å²) in [5, 5.41) is 12.0. The van der Waals surface area contributed by atoms with Gasteiger partial charge in [0.05, 0.1) is 22.8 Å². The number of carbonyl (C=O) groups excluding carboxylic acids is 1. The summed E-state index contributed by atoms with van der Waals surface area (Å²) in [6.45, 7) is -0.294. The van der Waals surface area contributed by atoms with Crippen molar-refractivity contribution in [2.75, 3.05) is 19.0 Å². The fourth-order valence-corrected chi connectivity index (χ4v) is 7.27. The van der Waals surface area contributed by atoms with Crippen LogP contribution in [0.15, 0.2) is 107 Å². The summed E-state index contributed by atoms with van der Waals surface area (Å²) in [5.41, 5.74) is -2.47. The van der Waals surface area contributed by atoms with Crippen LogP contribution < -0.4 is 10.1 Å². The molecule has 2 atom stereocenters. The van der Waals surface area contributed by atoms with Crippen LogP contribution in [0.1, 0.15) is 41.2 Å². The molecule has 4 aromatic rings. The molecule has 0 saturated carbocycles. The zero-order chi connectivity index (χ0) is 35.2. The van der Waals surface area contributed by atoms with Crippen molar-refractivity contribution in [1.82, 2.24) is 5.32 Å². The van der Waals surface area contributed by atoms with E-state index in [4.69, 9.17) is 42.8 Å². The fourth-order valence-electron chi connectivity index (χ4n) is 5.38. The van der Waals surface area contributed by atoms with Gasteiger partial charge in [0.15, 0.2) is 21.5 Å². The van der Waals surface area contributed by atoms with Crippen LogP contribution in [0.2, 0.25) is 10.0 Å². The van der Waals surface area contributed by atoms with Gasteiger partial charge >= 0.3 is 6.18 Å². The van der Waals surface area contributed by atoms with E-state index in [0.717, 1.165) is 6.07 Å². The second kappa shape index (κ2) is 15.2. The zero-order valence-electron chi connectivity index (χ0n) is 25.8. The largest absolute Gasteiger partial charge is 0.494 e. The summed E-state index contributed by atoms with van der Waals surface area (Å²) in [4.78, 5) is 19.2. The van der Waals surface area contributed by atoms with Crippen LogP contribution >= 0.6 is 23.2 Å². The summed E-state index contributed by atoms with van der Waals surface area (Å²) in [5.74, 6) is -0.971. The molecule has 258 valence electrons. The van der Waals surface area contributed by atoms with Crippen LogP contribution in [0.4, 0.5) is 13.2 Å². The number of amides is 1. The molecule has 0 saturated heterocycles. The van der Waals surface area contributed by atoms with Gasteiger partial charge in [-0.05, 0) is 60.2 Å².